The Labute approximate surface area is 251 Å². The van der Waals surface area contributed by atoms with E-state index in [1.165, 1.54) is 0 Å². The molecule has 1 unspecified atom stereocenters. The van der Waals surface area contributed by atoms with Crippen LogP contribution >= 0.6 is 0 Å². The number of amides is 1. The van der Waals surface area contributed by atoms with Crippen LogP contribution in [-0.2, 0) is 30.8 Å². The minimum Gasteiger partial charge on any atom is -0.466 e. The number of anilines is 1. The molecule has 1 aromatic carbocycles. The molecule has 0 saturated carbocycles. The van der Waals surface area contributed by atoms with Crippen molar-refractivity contribution in [1.29, 1.82) is 0 Å². The maximum absolute atomic E-state index is 13.7. The van der Waals surface area contributed by atoms with E-state index in [4.69, 9.17) is 16.2 Å². The number of ether oxygens (including phenoxy) is 1. The molecule has 0 radical (unpaired) electrons. The lowest BCUT2D eigenvalue weighted by molar-refractivity contribution is -0.143. The number of likely N-dealkylation sites (tertiary alicyclic amines) is 1. The van der Waals surface area contributed by atoms with E-state index in [1.807, 2.05) is 13.0 Å². The lowest BCUT2D eigenvalue weighted by Gasteiger charge is -2.34. The maximum Gasteiger partial charge on any atom is 0.305 e. The van der Waals surface area contributed by atoms with Crippen molar-refractivity contribution < 1.29 is 22.7 Å². The number of nitrogens with one attached hydrogen (secondary N) is 2. The van der Waals surface area contributed by atoms with Gasteiger partial charge in [-0.3, -0.25) is 14.6 Å². The van der Waals surface area contributed by atoms with Gasteiger partial charge in [-0.15, -0.1) is 0 Å². The predicted octanol–water partition coefficient (Wildman–Crippen LogP) is 3.13. The molecule has 2 heterocycles. The number of nitrogens with two attached hydrogens (primary N) is 2. The van der Waals surface area contributed by atoms with E-state index >= 15 is 0 Å². The van der Waals surface area contributed by atoms with Crippen molar-refractivity contribution in [2.75, 3.05) is 38.1 Å². The third kappa shape index (κ3) is 10.4. The van der Waals surface area contributed by atoms with Gasteiger partial charge in [0.25, 0.3) is 0 Å². The number of carbonyl (C=O) groups is 2. The number of rotatable bonds is 16. The number of unbranched alkanes of at least 4 members (excludes halogenated alkanes) is 3. The SMILES string of the molecule is CCOC(=O)CCCCCCC1CCN(C(=O)C(CCCN=C(N)N)NS(=O)(=O)c2cccc3c2NC[C@@H](C)C3)CC1. The Morgan fingerprint density at radius 2 is 1.88 bits per heavy atom. The fraction of sp³-hybridized carbons (Fsp3) is 0.700. The summed E-state index contributed by atoms with van der Waals surface area (Å²) in [4.78, 5) is 31.1. The predicted molar refractivity (Wildman–Crippen MR) is 165 cm³/mol. The molecule has 1 amide bonds. The summed E-state index contributed by atoms with van der Waals surface area (Å²) in [6.45, 7) is 6.60. The van der Waals surface area contributed by atoms with E-state index in [1.54, 1.807) is 17.0 Å². The highest BCUT2D eigenvalue weighted by molar-refractivity contribution is 7.89. The Bertz CT molecular complexity index is 1160. The average Bonchev–Trinajstić information content (AvgIpc) is 2.96. The maximum atomic E-state index is 13.7. The number of hydrogen-bond donors (Lipinski definition) is 4. The molecule has 236 valence electrons. The Hall–Kier alpha value is -2.86. The summed E-state index contributed by atoms with van der Waals surface area (Å²) in [6.07, 6.45) is 8.98. The Kier molecular flexibility index (Phi) is 13.4. The third-order valence-corrected chi connectivity index (χ3v) is 9.63. The van der Waals surface area contributed by atoms with E-state index < -0.39 is 16.1 Å². The smallest absolute Gasteiger partial charge is 0.305 e. The molecule has 1 saturated heterocycles. The molecule has 1 aromatic rings. The van der Waals surface area contributed by atoms with Gasteiger partial charge in [-0.25, -0.2) is 8.42 Å². The molecule has 11 nitrogen and oxygen atoms in total. The average molecular weight is 607 g/mol. The van der Waals surface area contributed by atoms with Gasteiger partial charge >= 0.3 is 5.97 Å². The van der Waals surface area contributed by atoms with Crippen LogP contribution in [0.4, 0.5) is 5.69 Å². The topological polar surface area (TPSA) is 169 Å². The first-order chi connectivity index (χ1) is 20.1. The zero-order valence-electron chi connectivity index (χ0n) is 25.3. The van der Waals surface area contributed by atoms with Crippen LogP contribution < -0.4 is 21.5 Å². The molecular formula is C30H50N6O5S. The van der Waals surface area contributed by atoms with Crippen molar-refractivity contribution in [1.82, 2.24) is 9.62 Å². The highest BCUT2D eigenvalue weighted by Crippen LogP contribution is 2.31. The highest BCUT2D eigenvalue weighted by Gasteiger charge is 2.33. The molecule has 12 heteroatoms. The van der Waals surface area contributed by atoms with E-state index in [9.17, 15) is 18.0 Å². The summed E-state index contributed by atoms with van der Waals surface area (Å²) >= 11 is 0. The van der Waals surface area contributed by atoms with Crippen LogP contribution in [-0.4, -0.2) is 70.0 Å². The van der Waals surface area contributed by atoms with Crippen LogP contribution in [0.5, 0.6) is 0 Å². The minimum absolute atomic E-state index is 0.0317. The number of guanidine groups is 1. The summed E-state index contributed by atoms with van der Waals surface area (Å²) in [7, 11) is -3.97. The number of nitrogens with zero attached hydrogens (tertiary/aromatic N) is 2. The van der Waals surface area contributed by atoms with Gasteiger partial charge in [0.15, 0.2) is 5.96 Å². The fourth-order valence-electron chi connectivity index (χ4n) is 5.83. The van der Waals surface area contributed by atoms with Crippen LogP contribution in [0.1, 0.15) is 83.6 Å². The van der Waals surface area contributed by atoms with Crippen LogP contribution in [0, 0.1) is 11.8 Å². The van der Waals surface area contributed by atoms with Crippen molar-refractivity contribution in [3.63, 3.8) is 0 Å². The van der Waals surface area contributed by atoms with Crippen molar-refractivity contribution >= 4 is 33.5 Å². The molecule has 6 N–H and O–H groups in total. The van der Waals surface area contributed by atoms with E-state index in [2.05, 4.69) is 22.0 Å². The monoisotopic (exact) mass is 606 g/mol. The second kappa shape index (κ2) is 16.7. The van der Waals surface area contributed by atoms with Gasteiger partial charge in [0.05, 0.1) is 12.3 Å². The van der Waals surface area contributed by atoms with E-state index in [-0.39, 0.29) is 22.7 Å². The minimum atomic E-state index is -3.97. The molecule has 2 atom stereocenters. The molecule has 0 aliphatic carbocycles. The molecule has 3 rings (SSSR count). The number of para-hydroxylation sites is 1. The first kappa shape index (κ1) is 33.6. The van der Waals surface area contributed by atoms with Crippen LogP contribution in [0.25, 0.3) is 0 Å². The normalized spacial score (nSPS) is 18.0. The zero-order chi connectivity index (χ0) is 30.5. The van der Waals surface area contributed by atoms with Crippen LogP contribution in [0.2, 0.25) is 0 Å². The lowest BCUT2D eigenvalue weighted by atomic mass is 9.90. The molecular weight excluding hydrogens is 556 g/mol. The number of hydrogen-bond acceptors (Lipinski definition) is 7. The van der Waals surface area contributed by atoms with Gasteiger partial charge in [-0.1, -0.05) is 44.7 Å². The van der Waals surface area contributed by atoms with Gasteiger partial charge in [0, 0.05) is 32.6 Å². The first-order valence-electron chi connectivity index (χ1n) is 15.5. The van der Waals surface area contributed by atoms with E-state index in [0.29, 0.717) is 69.6 Å². The molecule has 42 heavy (non-hydrogen) atoms. The van der Waals surface area contributed by atoms with Gasteiger partial charge in [0.2, 0.25) is 15.9 Å². The molecule has 0 aromatic heterocycles. The second-order valence-electron chi connectivity index (χ2n) is 11.6. The van der Waals surface area contributed by atoms with Crippen LogP contribution in [0.15, 0.2) is 28.1 Å². The summed E-state index contributed by atoms with van der Waals surface area (Å²) in [5.74, 6) is 0.594. The Morgan fingerprint density at radius 1 is 1.14 bits per heavy atom. The Morgan fingerprint density at radius 3 is 2.60 bits per heavy atom. The molecule has 2 aliphatic rings. The zero-order valence-corrected chi connectivity index (χ0v) is 26.1. The van der Waals surface area contributed by atoms with Gasteiger partial charge in [-0.05, 0) is 68.9 Å². The standard InChI is InChI=1S/C30H50N6O5S/c1-3-41-27(37)14-7-5-4-6-10-23-15-18-36(19-16-23)29(38)25(12-9-17-33-30(31)32)35-42(39,40)26-13-8-11-24-20-22(2)21-34-28(24)26/h8,11,13,22-23,25,34-35H,3-7,9-10,12,14-21H2,1-2H3,(H4,31,32,33)/t22-,25?/m0/s1. The Balaban J connectivity index is 1.56. The number of piperidine rings is 1. The van der Waals surface area contributed by atoms with Crippen molar-refractivity contribution in [3.05, 3.63) is 23.8 Å². The summed E-state index contributed by atoms with van der Waals surface area (Å²) in [6, 6.07) is 4.39. The second-order valence-corrected chi connectivity index (χ2v) is 13.3. The van der Waals surface area contributed by atoms with Crippen molar-refractivity contribution in [2.24, 2.45) is 28.3 Å². The first-order valence-corrected chi connectivity index (χ1v) is 17.0. The van der Waals surface area contributed by atoms with Crippen molar-refractivity contribution in [3.8, 4) is 0 Å². The van der Waals surface area contributed by atoms with Crippen molar-refractivity contribution in [2.45, 2.75) is 95.4 Å². The molecule has 0 bridgehead atoms. The summed E-state index contributed by atoms with van der Waals surface area (Å²) in [5, 5.41) is 3.28. The largest absolute Gasteiger partial charge is 0.466 e. The quantitative estimate of drug-likeness (QED) is 0.0963. The molecule has 2 aliphatic heterocycles. The van der Waals surface area contributed by atoms with E-state index in [0.717, 1.165) is 56.9 Å². The van der Waals surface area contributed by atoms with Gasteiger partial charge in [-0.2, -0.15) is 4.72 Å². The number of aliphatic imine (C=N–C) groups is 1. The number of benzene rings is 1. The lowest BCUT2D eigenvalue weighted by Crippen LogP contribution is -2.50. The van der Waals surface area contributed by atoms with Gasteiger partial charge < -0.3 is 26.4 Å². The number of esters is 1. The molecule has 0 spiro atoms. The fourth-order valence-corrected chi connectivity index (χ4v) is 7.28. The third-order valence-electron chi connectivity index (χ3n) is 8.11. The highest BCUT2D eigenvalue weighted by atomic mass is 32.2. The summed E-state index contributed by atoms with van der Waals surface area (Å²) in [5.41, 5.74) is 12.5. The van der Waals surface area contributed by atoms with Gasteiger partial charge in [0.1, 0.15) is 10.9 Å². The summed E-state index contributed by atoms with van der Waals surface area (Å²) < 4.78 is 35.0. The molecule has 1 fully saturated rings. The number of fused-ring (bicyclic) bond motifs is 1. The number of carbonyl (C=O) groups excluding carboxylic acids is 2. The number of sulfonamides is 1. The van der Waals surface area contributed by atoms with Crippen LogP contribution in [0.3, 0.4) is 0 Å².